The second-order valence-electron chi connectivity index (χ2n) is 8.09. The molecule has 0 aromatic carbocycles. The molecular weight excluding hydrogens is 352 g/mol. The zero-order chi connectivity index (χ0) is 20.1. The molecule has 1 saturated heterocycles. The molecule has 0 saturated carbocycles. The van der Waals surface area contributed by atoms with E-state index in [1.165, 1.54) is 12.8 Å². The van der Waals surface area contributed by atoms with Crippen molar-refractivity contribution < 1.29 is 9.59 Å². The van der Waals surface area contributed by atoms with Gasteiger partial charge in [0, 0.05) is 31.1 Å². The Morgan fingerprint density at radius 2 is 2.11 bits per heavy atom. The molecule has 3 atom stereocenters. The Morgan fingerprint density at radius 1 is 1.29 bits per heavy atom. The highest BCUT2D eigenvalue weighted by Gasteiger charge is 2.34. The van der Waals surface area contributed by atoms with Gasteiger partial charge in [-0.1, -0.05) is 40.0 Å². The van der Waals surface area contributed by atoms with Crippen LogP contribution >= 0.6 is 0 Å². The van der Waals surface area contributed by atoms with Crippen molar-refractivity contribution in [2.45, 2.75) is 58.9 Å². The fraction of sp³-hybridized carbons (Fsp3) is 0.591. The van der Waals surface area contributed by atoms with E-state index >= 15 is 0 Å². The number of aromatic nitrogens is 2. The van der Waals surface area contributed by atoms with Crippen LogP contribution in [0.15, 0.2) is 24.4 Å². The minimum atomic E-state index is -0.183. The molecule has 3 rings (SSSR count). The van der Waals surface area contributed by atoms with Gasteiger partial charge in [-0.3, -0.25) is 9.59 Å². The molecule has 0 radical (unpaired) electrons. The normalized spacial score (nSPS) is 20.5. The maximum absolute atomic E-state index is 12.7. The molecule has 1 aliphatic rings. The molecule has 0 aliphatic carbocycles. The molecule has 2 aromatic rings. The van der Waals surface area contributed by atoms with E-state index in [2.05, 4.69) is 36.1 Å². The number of amides is 2. The molecule has 0 spiro atoms. The van der Waals surface area contributed by atoms with Crippen molar-refractivity contribution in [3.05, 3.63) is 30.1 Å². The van der Waals surface area contributed by atoms with Crippen LogP contribution in [-0.2, 0) is 4.79 Å². The number of nitrogens with zero attached hydrogens (tertiary/aromatic N) is 2. The fourth-order valence-corrected chi connectivity index (χ4v) is 3.98. The molecule has 28 heavy (non-hydrogen) atoms. The van der Waals surface area contributed by atoms with Crippen LogP contribution in [0, 0.1) is 11.8 Å². The maximum atomic E-state index is 12.7. The predicted molar refractivity (Wildman–Crippen MR) is 111 cm³/mol. The molecule has 6 heteroatoms. The van der Waals surface area contributed by atoms with E-state index in [4.69, 9.17) is 0 Å². The third-order valence-corrected chi connectivity index (χ3v) is 5.93. The van der Waals surface area contributed by atoms with Crippen LogP contribution in [0.25, 0.3) is 11.0 Å². The van der Waals surface area contributed by atoms with Crippen LogP contribution < -0.4 is 5.32 Å². The smallest absolute Gasteiger partial charge is 0.270 e. The standard InChI is InChI=1S/C22H32N4O2/c1-4-6-7-16(5-2)12-20(27)26-13-15(3)19(14-26)25-22(28)18-9-8-17-10-11-23-21(17)24-18/h8-11,15-16,19H,4-7,12-14H2,1-3H3,(H,23,24)(H,25,28)/t15-,16?,19-/m1/s1. The average molecular weight is 385 g/mol. The summed E-state index contributed by atoms with van der Waals surface area (Å²) < 4.78 is 0. The summed E-state index contributed by atoms with van der Waals surface area (Å²) in [7, 11) is 0. The number of hydrogen-bond acceptors (Lipinski definition) is 3. The number of likely N-dealkylation sites (tertiary alicyclic amines) is 1. The lowest BCUT2D eigenvalue weighted by molar-refractivity contribution is -0.131. The van der Waals surface area contributed by atoms with Gasteiger partial charge in [0.25, 0.3) is 5.91 Å². The average Bonchev–Trinajstić information content (AvgIpc) is 3.31. The van der Waals surface area contributed by atoms with Crippen molar-refractivity contribution in [1.29, 1.82) is 0 Å². The topological polar surface area (TPSA) is 78.1 Å². The van der Waals surface area contributed by atoms with Crippen molar-refractivity contribution in [3.8, 4) is 0 Å². The first-order valence-electron chi connectivity index (χ1n) is 10.5. The highest BCUT2D eigenvalue weighted by molar-refractivity contribution is 5.94. The minimum absolute atomic E-state index is 0.0340. The fourth-order valence-electron chi connectivity index (χ4n) is 3.98. The van der Waals surface area contributed by atoms with Crippen molar-refractivity contribution in [2.24, 2.45) is 11.8 Å². The molecule has 152 valence electrons. The number of carbonyl (C=O) groups excluding carboxylic acids is 2. The maximum Gasteiger partial charge on any atom is 0.270 e. The summed E-state index contributed by atoms with van der Waals surface area (Å²) in [6, 6.07) is 5.53. The van der Waals surface area contributed by atoms with E-state index in [1.807, 2.05) is 23.2 Å². The van der Waals surface area contributed by atoms with Crippen molar-refractivity contribution in [3.63, 3.8) is 0 Å². The second kappa shape index (κ2) is 9.22. The van der Waals surface area contributed by atoms with Crippen LogP contribution in [0.3, 0.4) is 0 Å². The van der Waals surface area contributed by atoms with Crippen molar-refractivity contribution in [1.82, 2.24) is 20.2 Å². The summed E-state index contributed by atoms with van der Waals surface area (Å²) in [5, 5.41) is 4.06. The number of hydrogen-bond donors (Lipinski definition) is 2. The lowest BCUT2D eigenvalue weighted by atomic mass is 9.95. The van der Waals surface area contributed by atoms with E-state index in [-0.39, 0.29) is 23.8 Å². The predicted octanol–water partition coefficient (Wildman–Crippen LogP) is 3.75. The first kappa shape index (κ1) is 20.4. The molecular formula is C22H32N4O2. The van der Waals surface area contributed by atoms with Gasteiger partial charge in [-0.25, -0.2) is 4.98 Å². The third kappa shape index (κ3) is 4.72. The van der Waals surface area contributed by atoms with Gasteiger partial charge < -0.3 is 15.2 Å². The highest BCUT2D eigenvalue weighted by atomic mass is 16.2. The van der Waals surface area contributed by atoms with E-state index in [9.17, 15) is 9.59 Å². The van der Waals surface area contributed by atoms with Crippen LogP contribution in [0.2, 0.25) is 0 Å². The minimum Gasteiger partial charge on any atom is -0.346 e. The van der Waals surface area contributed by atoms with Crippen LogP contribution in [0.4, 0.5) is 0 Å². The Hall–Kier alpha value is -2.37. The summed E-state index contributed by atoms with van der Waals surface area (Å²) in [6.07, 6.45) is 6.94. The number of pyridine rings is 1. The summed E-state index contributed by atoms with van der Waals surface area (Å²) in [4.78, 5) is 34.7. The van der Waals surface area contributed by atoms with Crippen LogP contribution in [0.1, 0.15) is 63.4 Å². The van der Waals surface area contributed by atoms with Gasteiger partial charge in [0.1, 0.15) is 11.3 Å². The van der Waals surface area contributed by atoms with Gasteiger partial charge in [-0.15, -0.1) is 0 Å². The van der Waals surface area contributed by atoms with Crippen LogP contribution in [0.5, 0.6) is 0 Å². The quantitative estimate of drug-likeness (QED) is 0.728. The van der Waals surface area contributed by atoms with Gasteiger partial charge in [-0.2, -0.15) is 0 Å². The highest BCUT2D eigenvalue weighted by Crippen LogP contribution is 2.22. The van der Waals surface area contributed by atoms with Crippen LogP contribution in [-0.4, -0.2) is 45.8 Å². The second-order valence-corrected chi connectivity index (χ2v) is 8.09. The van der Waals surface area contributed by atoms with Gasteiger partial charge >= 0.3 is 0 Å². The van der Waals surface area contributed by atoms with E-state index < -0.39 is 0 Å². The molecule has 2 N–H and O–H groups in total. The lowest BCUT2D eigenvalue weighted by Crippen LogP contribution is -2.41. The molecule has 1 aliphatic heterocycles. The Bertz CT molecular complexity index is 816. The molecule has 1 fully saturated rings. The zero-order valence-corrected chi connectivity index (χ0v) is 17.2. The van der Waals surface area contributed by atoms with Crippen molar-refractivity contribution >= 4 is 22.8 Å². The summed E-state index contributed by atoms with van der Waals surface area (Å²) in [6.45, 7) is 7.73. The van der Waals surface area contributed by atoms with E-state index in [0.717, 1.165) is 18.2 Å². The third-order valence-electron chi connectivity index (χ3n) is 5.93. The molecule has 0 bridgehead atoms. The first-order chi connectivity index (χ1) is 13.5. The summed E-state index contributed by atoms with van der Waals surface area (Å²) >= 11 is 0. The molecule has 1 unspecified atom stereocenters. The molecule has 6 nitrogen and oxygen atoms in total. The van der Waals surface area contributed by atoms with Gasteiger partial charge in [0.2, 0.25) is 5.91 Å². The molecule has 2 amide bonds. The van der Waals surface area contributed by atoms with E-state index in [1.54, 1.807) is 6.07 Å². The first-order valence-corrected chi connectivity index (χ1v) is 10.5. The number of rotatable bonds is 8. The van der Waals surface area contributed by atoms with Gasteiger partial charge in [-0.05, 0) is 36.5 Å². The summed E-state index contributed by atoms with van der Waals surface area (Å²) in [5.74, 6) is 0.737. The Balaban J connectivity index is 1.56. The number of fused-ring (bicyclic) bond motifs is 1. The number of aromatic amines is 1. The number of carbonyl (C=O) groups is 2. The van der Waals surface area contributed by atoms with Crippen molar-refractivity contribution in [2.75, 3.05) is 13.1 Å². The Morgan fingerprint density at radius 3 is 2.86 bits per heavy atom. The Kier molecular flexibility index (Phi) is 6.70. The lowest BCUT2D eigenvalue weighted by Gasteiger charge is -2.20. The number of nitrogens with one attached hydrogen (secondary N) is 2. The molecule has 2 aromatic heterocycles. The summed E-state index contributed by atoms with van der Waals surface area (Å²) in [5.41, 5.74) is 1.11. The number of H-pyrrole nitrogens is 1. The largest absolute Gasteiger partial charge is 0.346 e. The SMILES string of the molecule is CCCCC(CC)CC(=O)N1C[C@@H](C)[C@H](NC(=O)c2ccc3cc[nH]c3n2)C1. The molecule has 3 heterocycles. The van der Waals surface area contributed by atoms with E-state index in [0.29, 0.717) is 36.8 Å². The van der Waals surface area contributed by atoms with Gasteiger partial charge in [0.15, 0.2) is 0 Å². The number of unbranched alkanes of at least 4 members (excludes halogenated alkanes) is 1. The zero-order valence-electron chi connectivity index (χ0n) is 17.2. The monoisotopic (exact) mass is 384 g/mol. The van der Waals surface area contributed by atoms with Gasteiger partial charge in [0.05, 0.1) is 6.04 Å². The Labute approximate surface area is 167 Å².